The fourth-order valence-corrected chi connectivity index (χ4v) is 1.71. The van der Waals surface area contributed by atoms with Gasteiger partial charge < -0.3 is 10.1 Å². The molecule has 5 nitrogen and oxygen atoms in total. The lowest BCUT2D eigenvalue weighted by molar-refractivity contribution is 0.141. The molecule has 0 saturated heterocycles. The summed E-state index contributed by atoms with van der Waals surface area (Å²) in [5.41, 5.74) is 2.10. The molecule has 1 heterocycles. The van der Waals surface area contributed by atoms with Crippen LogP contribution in [-0.4, -0.2) is 34.0 Å². The van der Waals surface area contributed by atoms with Crippen molar-refractivity contribution in [3.05, 3.63) is 36.9 Å². The van der Waals surface area contributed by atoms with Gasteiger partial charge >= 0.3 is 0 Å². The molecule has 1 unspecified atom stereocenters. The van der Waals surface area contributed by atoms with Crippen LogP contribution in [0.5, 0.6) is 0 Å². The molecule has 2 rings (SSSR count). The lowest BCUT2D eigenvalue weighted by atomic mass is 10.2. The van der Waals surface area contributed by atoms with E-state index in [1.165, 1.54) is 0 Å². The Morgan fingerprint density at radius 3 is 2.83 bits per heavy atom. The number of nitrogens with zero attached hydrogens (tertiary/aromatic N) is 3. The standard InChI is InChI=1S/C13H18N4O/c1-3-18-8-11(2)16-12-5-4-6-13(7-12)17-9-14-15-10-17/h4-7,9-11,16H,3,8H2,1-2H3. The van der Waals surface area contributed by atoms with Gasteiger partial charge in [0.2, 0.25) is 0 Å². The lowest BCUT2D eigenvalue weighted by Crippen LogP contribution is -2.21. The number of ether oxygens (including phenoxy) is 1. The smallest absolute Gasteiger partial charge is 0.123 e. The first-order valence-corrected chi connectivity index (χ1v) is 6.09. The minimum Gasteiger partial charge on any atom is -0.380 e. The molecule has 0 aliphatic carbocycles. The molecule has 0 saturated carbocycles. The minimum absolute atomic E-state index is 0.279. The summed E-state index contributed by atoms with van der Waals surface area (Å²) < 4.78 is 7.26. The number of aromatic nitrogens is 3. The zero-order valence-corrected chi connectivity index (χ0v) is 10.7. The van der Waals surface area contributed by atoms with Crippen molar-refractivity contribution in [1.29, 1.82) is 0 Å². The zero-order valence-electron chi connectivity index (χ0n) is 10.7. The van der Waals surface area contributed by atoms with Crippen LogP contribution in [0.25, 0.3) is 5.69 Å². The number of benzene rings is 1. The first kappa shape index (κ1) is 12.6. The van der Waals surface area contributed by atoms with Gasteiger partial charge in [0.25, 0.3) is 0 Å². The normalized spacial score (nSPS) is 12.3. The van der Waals surface area contributed by atoms with Gasteiger partial charge in [0, 0.05) is 18.3 Å². The van der Waals surface area contributed by atoms with E-state index in [2.05, 4.69) is 28.5 Å². The molecule has 1 aromatic carbocycles. The van der Waals surface area contributed by atoms with Gasteiger partial charge in [-0.2, -0.15) is 0 Å². The topological polar surface area (TPSA) is 52.0 Å². The summed E-state index contributed by atoms with van der Waals surface area (Å²) in [7, 11) is 0. The number of anilines is 1. The summed E-state index contributed by atoms with van der Waals surface area (Å²) in [5, 5.41) is 11.0. The highest BCUT2D eigenvalue weighted by Gasteiger charge is 2.03. The average molecular weight is 246 g/mol. The number of hydrogen-bond acceptors (Lipinski definition) is 4. The summed E-state index contributed by atoms with van der Waals surface area (Å²) >= 11 is 0. The third kappa shape index (κ3) is 3.30. The monoisotopic (exact) mass is 246 g/mol. The number of rotatable bonds is 6. The Morgan fingerprint density at radius 1 is 1.33 bits per heavy atom. The maximum absolute atomic E-state index is 5.38. The van der Waals surface area contributed by atoms with Crippen molar-refractivity contribution in [2.24, 2.45) is 0 Å². The minimum atomic E-state index is 0.279. The Morgan fingerprint density at radius 2 is 2.11 bits per heavy atom. The highest BCUT2D eigenvalue weighted by Crippen LogP contribution is 2.14. The molecule has 0 amide bonds. The second-order valence-electron chi connectivity index (χ2n) is 4.12. The van der Waals surface area contributed by atoms with E-state index in [9.17, 15) is 0 Å². The summed E-state index contributed by atoms with van der Waals surface area (Å²) in [6.07, 6.45) is 3.37. The van der Waals surface area contributed by atoms with Crippen molar-refractivity contribution in [2.45, 2.75) is 19.9 Å². The van der Waals surface area contributed by atoms with E-state index in [4.69, 9.17) is 4.74 Å². The fourth-order valence-electron chi connectivity index (χ4n) is 1.71. The third-order valence-corrected chi connectivity index (χ3v) is 2.55. The van der Waals surface area contributed by atoms with Crippen LogP contribution in [0.2, 0.25) is 0 Å². The quantitative estimate of drug-likeness (QED) is 0.848. The molecule has 0 bridgehead atoms. The van der Waals surface area contributed by atoms with Gasteiger partial charge in [-0.05, 0) is 32.0 Å². The molecule has 0 radical (unpaired) electrons. The fraction of sp³-hybridized carbons (Fsp3) is 0.385. The molecule has 0 aliphatic heterocycles. The summed E-state index contributed by atoms with van der Waals surface area (Å²) in [6, 6.07) is 8.40. The Hall–Kier alpha value is -1.88. The van der Waals surface area contributed by atoms with Crippen LogP contribution in [0.3, 0.4) is 0 Å². The molecule has 0 aliphatic rings. The molecular weight excluding hydrogens is 228 g/mol. The maximum Gasteiger partial charge on any atom is 0.123 e. The molecule has 2 aromatic rings. The van der Waals surface area contributed by atoms with E-state index in [1.807, 2.05) is 29.7 Å². The van der Waals surface area contributed by atoms with E-state index in [0.29, 0.717) is 6.61 Å². The maximum atomic E-state index is 5.38. The van der Waals surface area contributed by atoms with Gasteiger partial charge in [0.15, 0.2) is 0 Å². The molecular formula is C13H18N4O. The van der Waals surface area contributed by atoms with E-state index in [-0.39, 0.29) is 6.04 Å². The third-order valence-electron chi connectivity index (χ3n) is 2.55. The molecule has 0 fully saturated rings. The van der Waals surface area contributed by atoms with Crippen molar-refractivity contribution in [3.63, 3.8) is 0 Å². The molecule has 5 heteroatoms. The summed E-state index contributed by atoms with van der Waals surface area (Å²) in [5.74, 6) is 0. The van der Waals surface area contributed by atoms with Crippen LogP contribution in [-0.2, 0) is 4.74 Å². The first-order chi connectivity index (χ1) is 8.79. The van der Waals surface area contributed by atoms with Crippen LogP contribution in [0.1, 0.15) is 13.8 Å². The van der Waals surface area contributed by atoms with Crippen LogP contribution in [0.15, 0.2) is 36.9 Å². The predicted octanol–water partition coefficient (Wildman–Crippen LogP) is 2.10. The average Bonchev–Trinajstić information content (AvgIpc) is 2.90. The summed E-state index contributed by atoms with van der Waals surface area (Å²) in [6.45, 7) is 5.54. The van der Waals surface area contributed by atoms with Crippen molar-refractivity contribution < 1.29 is 4.74 Å². The largest absolute Gasteiger partial charge is 0.380 e. The van der Waals surface area contributed by atoms with E-state index < -0.39 is 0 Å². The van der Waals surface area contributed by atoms with Crippen LogP contribution in [0.4, 0.5) is 5.69 Å². The van der Waals surface area contributed by atoms with E-state index in [1.54, 1.807) is 12.7 Å². The van der Waals surface area contributed by atoms with Gasteiger partial charge in [-0.3, -0.25) is 4.57 Å². The van der Waals surface area contributed by atoms with Crippen molar-refractivity contribution in [3.8, 4) is 5.69 Å². The number of hydrogen-bond donors (Lipinski definition) is 1. The molecule has 0 spiro atoms. The van der Waals surface area contributed by atoms with Gasteiger partial charge in [0.1, 0.15) is 12.7 Å². The van der Waals surface area contributed by atoms with E-state index >= 15 is 0 Å². The predicted molar refractivity (Wildman–Crippen MR) is 70.9 cm³/mol. The Bertz CT molecular complexity index is 470. The van der Waals surface area contributed by atoms with Crippen LogP contribution < -0.4 is 5.32 Å². The highest BCUT2D eigenvalue weighted by atomic mass is 16.5. The second kappa shape index (κ2) is 6.16. The molecule has 96 valence electrons. The van der Waals surface area contributed by atoms with E-state index in [0.717, 1.165) is 18.0 Å². The Balaban J connectivity index is 2.03. The van der Waals surface area contributed by atoms with Gasteiger partial charge in [-0.1, -0.05) is 6.07 Å². The SMILES string of the molecule is CCOCC(C)Nc1cccc(-n2cnnc2)c1. The van der Waals surface area contributed by atoms with Crippen LogP contribution >= 0.6 is 0 Å². The first-order valence-electron chi connectivity index (χ1n) is 6.09. The van der Waals surface area contributed by atoms with Crippen molar-refractivity contribution in [2.75, 3.05) is 18.5 Å². The molecule has 1 atom stereocenters. The second-order valence-corrected chi connectivity index (χ2v) is 4.12. The number of nitrogens with one attached hydrogen (secondary N) is 1. The van der Waals surface area contributed by atoms with Gasteiger partial charge in [0.05, 0.1) is 12.3 Å². The Labute approximate surface area is 107 Å². The highest BCUT2D eigenvalue weighted by molar-refractivity contribution is 5.51. The van der Waals surface area contributed by atoms with Crippen molar-refractivity contribution in [1.82, 2.24) is 14.8 Å². The van der Waals surface area contributed by atoms with Gasteiger partial charge in [-0.15, -0.1) is 10.2 Å². The van der Waals surface area contributed by atoms with Gasteiger partial charge in [-0.25, -0.2) is 0 Å². The molecule has 1 aromatic heterocycles. The lowest BCUT2D eigenvalue weighted by Gasteiger charge is -2.15. The molecule has 1 N–H and O–H groups in total. The van der Waals surface area contributed by atoms with Crippen molar-refractivity contribution >= 4 is 5.69 Å². The molecule has 18 heavy (non-hydrogen) atoms. The zero-order chi connectivity index (χ0) is 12.8. The van der Waals surface area contributed by atoms with Crippen LogP contribution in [0, 0.1) is 0 Å². The Kier molecular flexibility index (Phi) is 4.30. The summed E-state index contributed by atoms with van der Waals surface area (Å²) in [4.78, 5) is 0.